The minimum Gasteiger partial charge on any atom is -0.455 e. The lowest BCUT2D eigenvalue weighted by Gasteiger charge is -2.17. The van der Waals surface area contributed by atoms with Crippen molar-refractivity contribution in [2.45, 2.75) is 12.1 Å². The zero-order chi connectivity index (χ0) is 17.9. The van der Waals surface area contributed by atoms with Crippen LogP contribution in [0.5, 0.6) is 0 Å². The van der Waals surface area contributed by atoms with E-state index >= 15 is 0 Å². The van der Waals surface area contributed by atoms with Gasteiger partial charge in [0.25, 0.3) is 0 Å². The number of sulfone groups is 1. The van der Waals surface area contributed by atoms with Crippen LogP contribution >= 0.6 is 0 Å². The van der Waals surface area contributed by atoms with Crippen molar-refractivity contribution in [2.75, 3.05) is 11.5 Å². The average Bonchev–Trinajstić information content (AvgIpc) is 3.29. The second kappa shape index (κ2) is 5.43. The number of furan rings is 1. The quantitative estimate of drug-likeness (QED) is 0.588. The van der Waals surface area contributed by atoms with E-state index in [1.54, 1.807) is 17.0 Å². The molecule has 0 amide bonds. The van der Waals surface area contributed by atoms with Crippen LogP contribution in [0.15, 0.2) is 59.3 Å². The molecule has 2 atom stereocenters. The number of aliphatic hydroxyl groups is 1. The number of aliphatic hydroxyl groups excluding tert-OH is 1. The number of nitrogens with zero attached hydrogens (tertiary/aromatic N) is 2. The number of hydrogen-bond donors (Lipinski definition) is 1. The van der Waals surface area contributed by atoms with Crippen LogP contribution in [0.2, 0.25) is 0 Å². The summed E-state index contributed by atoms with van der Waals surface area (Å²) in [5.41, 5.74) is 2.27. The Balaban J connectivity index is 1.72. The van der Waals surface area contributed by atoms with Gasteiger partial charge in [-0.1, -0.05) is 30.3 Å². The van der Waals surface area contributed by atoms with Crippen molar-refractivity contribution >= 4 is 31.8 Å². The fraction of sp³-hybridized carbons (Fsp3) is 0.211. The third kappa shape index (κ3) is 2.28. The fourth-order valence-corrected chi connectivity index (χ4v) is 5.57. The molecule has 0 saturated carbocycles. The van der Waals surface area contributed by atoms with Gasteiger partial charge in [-0.3, -0.25) is 0 Å². The predicted molar refractivity (Wildman–Crippen MR) is 98.6 cm³/mol. The third-order valence-corrected chi connectivity index (χ3v) is 6.66. The molecule has 0 aliphatic carbocycles. The van der Waals surface area contributed by atoms with Crippen molar-refractivity contribution in [3.05, 3.63) is 54.9 Å². The Morgan fingerprint density at radius 1 is 1.08 bits per heavy atom. The third-order valence-electron chi connectivity index (χ3n) is 4.96. The highest BCUT2D eigenvalue weighted by molar-refractivity contribution is 7.91. The number of imidazole rings is 1. The first-order valence-corrected chi connectivity index (χ1v) is 10.2. The van der Waals surface area contributed by atoms with Crippen molar-refractivity contribution in [1.82, 2.24) is 9.55 Å². The van der Waals surface area contributed by atoms with E-state index in [0.717, 1.165) is 21.9 Å². The summed E-state index contributed by atoms with van der Waals surface area (Å²) in [5.74, 6) is 0.286. The maximum atomic E-state index is 11.9. The lowest BCUT2D eigenvalue weighted by molar-refractivity contribution is 0.154. The molecule has 7 heteroatoms. The van der Waals surface area contributed by atoms with Gasteiger partial charge in [0.05, 0.1) is 29.2 Å². The van der Waals surface area contributed by atoms with Gasteiger partial charge in [-0.15, -0.1) is 0 Å². The Bertz CT molecular complexity index is 1240. The molecule has 0 unspecified atom stereocenters. The fourth-order valence-electron chi connectivity index (χ4n) is 3.79. The summed E-state index contributed by atoms with van der Waals surface area (Å²) in [5, 5.41) is 12.2. The number of aromatic nitrogens is 2. The molecule has 0 radical (unpaired) electrons. The Morgan fingerprint density at radius 2 is 1.88 bits per heavy atom. The molecule has 26 heavy (non-hydrogen) atoms. The molecule has 4 aromatic rings. The van der Waals surface area contributed by atoms with Crippen LogP contribution in [0.4, 0.5) is 0 Å². The van der Waals surface area contributed by atoms with Gasteiger partial charge < -0.3 is 14.1 Å². The summed E-state index contributed by atoms with van der Waals surface area (Å²) in [6.45, 7) is 0. The van der Waals surface area contributed by atoms with Crippen molar-refractivity contribution in [3.8, 4) is 11.4 Å². The molecule has 5 rings (SSSR count). The van der Waals surface area contributed by atoms with Gasteiger partial charge in [-0.25, -0.2) is 13.4 Å². The molecular formula is C19H16N2O4S. The molecule has 0 spiro atoms. The first kappa shape index (κ1) is 15.6. The van der Waals surface area contributed by atoms with E-state index in [0.29, 0.717) is 11.4 Å². The van der Waals surface area contributed by atoms with Crippen molar-refractivity contribution in [1.29, 1.82) is 0 Å². The summed E-state index contributed by atoms with van der Waals surface area (Å²) in [6.07, 6.45) is 2.39. The molecule has 0 bridgehead atoms. The Morgan fingerprint density at radius 3 is 2.69 bits per heavy atom. The number of hydrogen-bond acceptors (Lipinski definition) is 5. The lowest BCUT2D eigenvalue weighted by Crippen LogP contribution is -2.22. The molecule has 1 N–H and O–H groups in total. The molecule has 2 aromatic heterocycles. The molecule has 1 aliphatic heterocycles. The molecule has 3 heterocycles. The van der Waals surface area contributed by atoms with E-state index in [9.17, 15) is 13.5 Å². The topological polar surface area (TPSA) is 85.3 Å². The van der Waals surface area contributed by atoms with Crippen LogP contribution in [0.1, 0.15) is 6.04 Å². The molecular weight excluding hydrogens is 352 g/mol. The largest absolute Gasteiger partial charge is 0.455 e. The van der Waals surface area contributed by atoms with Crippen molar-refractivity contribution < 1.29 is 17.9 Å². The van der Waals surface area contributed by atoms with Crippen LogP contribution < -0.4 is 0 Å². The highest BCUT2D eigenvalue weighted by atomic mass is 32.2. The average molecular weight is 368 g/mol. The molecule has 132 valence electrons. The first-order chi connectivity index (χ1) is 12.5. The number of fused-ring (bicyclic) bond motifs is 3. The van der Waals surface area contributed by atoms with Crippen LogP contribution in [0.3, 0.4) is 0 Å². The summed E-state index contributed by atoms with van der Waals surface area (Å²) in [7, 11) is -3.25. The molecule has 1 saturated heterocycles. The smallest absolute Gasteiger partial charge is 0.155 e. The monoisotopic (exact) mass is 368 g/mol. The van der Waals surface area contributed by atoms with Crippen LogP contribution in [0.25, 0.3) is 33.3 Å². The minimum absolute atomic E-state index is 0.0896. The number of benzene rings is 2. The second-order valence-corrected chi connectivity index (χ2v) is 8.80. The van der Waals surface area contributed by atoms with E-state index < -0.39 is 22.0 Å². The van der Waals surface area contributed by atoms with Crippen molar-refractivity contribution in [3.63, 3.8) is 0 Å². The van der Waals surface area contributed by atoms with Gasteiger partial charge in [0, 0.05) is 23.2 Å². The SMILES string of the molecule is O=S1(=O)C[C@@H](O)[C@H](n2ccnc2-c2cccc3c2oc2ccccc23)C1. The van der Waals surface area contributed by atoms with Crippen molar-refractivity contribution in [2.24, 2.45) is 0 Å². The van der Waals surface area contributed by atoms with E-state index in [2.05, 4.69) is 4.98 Å². The number of rotatable bonds is 2. The summed E-state index contributed by atoms with van der Waals surface area (Å²) >= 11 is 0. The van der Waals surface area contributed by atoms with Gasteiger partial charge in [-0.2, -0.15) is 0 Å². The maximum absolute atomic E-state index is 11.9. The van der Waals surface area contributed by atoms with E-state index in [-0.39, 0.29) is 11.5 Å². The first-order valence-electron chi connectivity index (χ1n) is 8.35. The molecule has 1 fully saturated rings. The molecule has 6 nitrogen and oxygen atoms in total. The van der Waals surface area contributed by atoms with Crippen LogP contribution in [-0.4, -0.2) is 40.7 Å². The highest BCUT2D eigenvalue weighted by Gasteiger charge is 2.38. The zero-order valence-electron chi connectivity index (χ0n) is 13.7. The highest BCUT2D eigenvalue weighted by Crippen LogP contribution is 2.37. The number of para-hydroxylation sites is 2. The molecule has 2 aromatic carbocycles. The second-order valence-electron chi connectivity index (χ2n) is 6.65. The zero-order valence-corrected chi connectivity index (χ0v) is 14.6. The van der Waals surface area contributed by atoms with Crippen LogP contribution in [0, 0.1) is 0 Å². The van der Waals surface area contributed by atoms with Crippen LogP contribution in [-0.2, 0) is 9.84 Å². The summed E-state index contributed by atoms with van der Waals surface area (Å²) < 4.78 is 31.6. The lowest BCUT2D eigenvalue weighted by atomic mass is 10.1. The normalized spacial score (nSPS) is 22.3. The van der Waals surface area contributed by atoms with E-state index in [4.69, 9.17) is 4.42 Å². The standard InChI is InChI=1S/C19H16N2O4S/c22-16-11-26(23,24)10-15(16)21-9-8-20-19(21)14-6-3-5-13-12-4-1-2-7-17(12)25-18(13)14/h1-9,15-16,22H,10-11H2/t15-,16-/m1/s1. The van der Waals surface area contributed by atoms with E-state index in [1.807, 2.05) is 42.5 Å². The molecule has 1 aliphatic rings. The summed E-state index contributed by atoms with van der Waals surface area (Å²) in [6, 6.07) is 13.1. The van der Waals surface area contributed by atoms with Gasteiger partial charge in [0.2, 0.25) is 0 Å². The predicted octanol–water partition coefficient (Wildman–Crippen LogP) is 2.78. The Labute approximate surface area is 149 Å². The Hall–Kier alpha value is -2.64. The summed E-state index contributed by atoms with van der Waals surface area (Å²) in [4.78, 5) is 4.43. The van der Waals surface area contributed by atoms with Gasteiger partial charge in [-0.05, 0) is 12.1 Å². The van der Waals surface area contributed by atoms with Gasteiger partial charge >= 0.3 is 0 Å². The minimum atomic E-state index is -3.25. The van der Waals surface area contributed by atoms with E-state index in [1.165, 1.54) is 0 Å². The maximum Gasteiger partial charge on any atom is 0.155 e. The Kier molecular flexibility index (Phi) is 3.26. The van der Waals surface area contributed by atoms with Gasteiger partial charge in [0.15, 0.2) is 9.84 Å². The van der Waals surface area contributed by atoms with Gasteiger partial charge in [0.1, 0.15) is 17.0 Å².